The van der Waals surface area contributed by atoms with E-state index in [1.807, 2.05) is 21.9 Å². The zero-order valence-electron chi connectivity index (χ0n) is 20.7. The Morgan fingerprint density at radius 3 is 2.54 bits per heavy atom. The molecule has 0 saturated carbocycles. The minimum atomic E-state index is -0.458. The van der Waals surface area contributed by atoms with Crippen LogP contribution in [-0.4, -0.2) is 103 Å². The first-order chi connectivity index (χ1) is 16.8. The zero-order valence-corrected chi connectivity index (χ0v) is 21.5. The number of hydrogen-bond donors (Lipinski definition) is 0. The van der Waals surface area contributed by atoms with Crippen molar-refractivity contribution >= 4 is 29.3 Å². The Morgan fingerprint density at radius 2 is 1.83 bits per heavy atom. The van der Waals surface area contributed by atoms with Gasteiger partial charge in [-0.3, -0.25) is 14.4 Å². The predicted octanol–water partition coefficient (Wildman–Crippen LogP) is 2.50. The molecule has 3 fully saturated rings. The third kappa shape index (κ3) is 6.88. The molecule has 1 aromatic rings. The van der Waals surface area contributed by atoms with Crippen LogP contribution in [0.2, 0.25) is 5.02 Å². The molecule has 3 aliphatic heterocycles. The van der Waals surface area contributed by atoms with Crippen LogP contribution in [0.3, 0.4) is 0 Å². The second-order valence-corrected chi connectivity index (χ2v) is 10.7. The van der Waals surface area contributed by atoms with Gasteiger partial charge in [0.05, 0.1) is 6.61 Å². The second-order valence-electron chi connectivity index (χ2n) is 10.3. The number of halogens is 1. The van der Waals surface area contributed by atoms with Gasteiger partial charge in [-0.15, -0.1) is 0 Å². The number of carbonyl (C=O) groups is 3. The molecule has 3 amide bonds. The van der Waals surface area contributed by atoms with E-state index >= 15 is 0 Å². The number of piperazine rings is 1. The molecule has 0 N–H and O–H groups in total. The number of likely N-dealkylation sites (N-methyl/N-ethyl adjacent to an activating group) is 1. The average molecular weight is 505 g/mol. The highest BCUT2D eigenvalue weighted by Crippen LogP contribution is 2.36. The number of piperidine rings is 1. The number of hydrogen-bond acceptors (Lipinski definition) is 5. The van der Waals surface area contributed by atoms with E-state index in [0.717, 1.165) is 52.0 Å². The Kier molecular flexibility index (Phi) is 8.55. The van der Waals surface area contributed by atoms with Gasteiger partial charge in [-0.25, -0.2) is 0 Å². The molecule has 3 saturated heterocycles. The normalized spacial score (nSPS) is 23.6. The largest absolute Gasteiger partial charge is 0.493 e. The third-order valence-corrected chi connectivity index (χ3v) is 7.74. The molecule has 3 aliphatic rings. The smallest absolute Gasteiger partial charge is 0.224 e. The van der Waals surface area contributed by atoms with Crippen LogP contribution >= 0.6 is 11.6 Å². The summed E-state index contributed by atoms with van der Waals surface area (Å²) in [5.74, 6) is 0.978. The van der Waals surface area contributed by atoms with Crippen molar-refractivity contribution in [1.82, 2.24) is 19.6 Å². The molecule has 4 rings (SSSR count). The van der Waals surface area contributed by atoms with E-state index in [1.54, 1.807) is 17.0 Å². The van der Waals surface area contributed by atoms with Crippen LogP contribution in [0.5, 0.6) is 5.75 Å². The molecule has 1 atom stereocenters. The molecule has 9 heteroatoms. The van der Waals surface area contributed by atoms with Gasteiger partial charge in [0.25, 0.3) is 0 Å². The molecule has 0 spiro atoms. The Balaban J connectivity index is 1.43. The van der Waals surface area contributed by atoms with Gasteiger partial charge in [0, 0.05) is 82.1 Å². The van der Waals surface area contributed by atoms with E-state index in [9.17, 15) is 14.4 Å². The van der Waals surface area contributed by atoms with Crippen molar-refractivity contribution in [2.45, 2.75) is 38.5 Å². The molecule has 192 valence electrons. The molecule has 8 nitrogen and oxygen atoms in total. The van der Waals surface area contributed by atoms with Crippen LogP contribution in [-0.2, 0) is 14.4 Å². The van der Waals surface area contributed by atoms with Crippen LogP contribution in [0, 0.1) is 5.41 Å². The van der Waals surface area contributed by atoms with Crippen molar-refractivity contribution < 1.29 is 19.1 Å². The summed E-state index contributed by atoms with van der Waals surface area (Å²) < 4.78 is 6.16. The molecule has 1 unspecified atom stereocenters. The molecular formula is C26H37ClN4O4. The topological polar surface area (TPSA) is 73.4 Å². The summed E-state index contributed by atoms with van der Waals surface area (Å²) in [6.07, 6.45) is 3.77. The molecule has 1 aromatic carbocycles. The number of carbonyl (C=O) groups excluding carboxylic acids is 3. The SMILES string of the molecule is CN1CCN(C(=O)CC2(COc3cccc(Cl)c3)CCCN(C(=O)CCN3CCCC3=O)C2)CC1. The number of benzene rings is 1. The average Bonchev–Trinajstić information content (AvgIpc) is 3.26. The minimum Gasteiger partial charge on any atom is -0.493 e. The maximum atomic E-state index is 13.3. The molecule has 0 radical (unpaired) electrons. The van der Waals surface area contributed by atoms with Crippen molar-refractivity contribution in [2.75, 3.05) is 66.0 Å². The molecular weight excluding hydrogens is 468 g/mol. The maximum Gasteiger partial charge on any atom is 0.224 e. The number of ether oxygens (including phenoxy) is 1. The summed E-state index contributed by atoms with van der Waals surface area (Å²) in [5.41, 5.74) is -0.458. The van der Waals surface area contributed by atoms with Crippen LogP contribution in [0.15, 0.2) is 24.3 Å². The van der Waals surface area contributed by atoms with Gasteiger partial charge in [-0.1, -0.05) is 17.7 Å². The Labute approximate surface area is 213 Å². The van der Waals surface area contributed by atoms with Crippen molar-refractivity contribution in [1.29, 1.82) is 0 Å². The minimum absolute atomic E-state index is 0.0450. The van der Waals surface area contributed by atoms with Gasteiger partial charge in [-0.2, -0.15) is 0 Å². The van der Waals surface area contributed by atoms with E-state index in [2.05, 4.69) is 11.9 Å². The van der Waals surface area contributed by atoms with Gasteiger partial charge < -0.3 is 24.3 Å². The molecule has 3 heterocycles. The monoisotopic (exact) mass is 504 g/mol. The fourth-order valence-corrected chi connectivity index (χ4v) is 5.53. The quantitative estimate of drug-likeness (QED) is 0.544. The van der Waals surface area contributed by atoms with Gasteiger partial charge in [0.1, 0.15) is 5.75 Å². The summed E-state index contributed by atoms with van der Waals surface area (Å²) >= 11 is 6.14. The first-order valence-corrected chi connectivity index (χ1v) is 13.1. The lowest BCUT2D eigenvalue weighted by Crippen LogP contribution is -2.53. The fourth-order valence-electron chi connectivity index (χ4n) is 5.34. The lowest BCUT2D eigenvalue weighted by Gasteiger charge is -2.43. The van der Waals surface area contributed by atoms with Crippen molar-refractivity contribution in [3.8, 4) is 5.75 Å². The summed E-state index contributed by atoms with van der Waals surface area (Å²) in [5, 5.41) is 0.599. The fraction of sp³-hybridized carbons (Fsp3) is 0.654. The number of nitrogens with zero attached hydrogens (tertiary/aromatic N) is 4. The van der Waals surface area contributed by atoms with Crippen LogP contribution in [0.1, 0.15) is 38.5 Å². The molecule has 0 aromatic heterocycles. The lowest BCUT2D eigenvalue weighted by atomic mass is 9.77. The van der Waals surface area contributed by atoms with Crippen molar-refractivity contribution in [3.63, 3.8) is 0 Å². The standard InChI is InChI=1S/C26H37ClN4O4/c1-28-13-15-30(16-14-28)25(34)18-26(20-35-22-6-2-5-21(27)17-22)9-4-11-31(19-26)24(33)8-12-29-10-3-7-23(29)32/h2,5-6,17H,3-4,7-16,18-20H2,1H3. The second kappa shape index (κ2) is 11.6. The van der Waals surface area contributed by atoms with E-state index in [-0.39, 0.29) is 17.7 Å². The summed E-state index contributed by atoms with van der Waals surface area (Å²) in [6.45, 7) is 5.92. The zero-order chi connectivity index (χ0) is 24.8. The highest BCUT2D eigenvalue weighted by molar-refractivity contribution is 6.30. The first kappa shape index (κ1) is 25.8. The predicted molar refractivity (Wildman–Crippen MR) is 134 cm³/mol. The van der Waals surface area contributed by atoms with E-state index in [0.29, 0.717) is 56.3 Å². The number of likely N-dealkylation sites (tertiary alicyclic amines) is 2. The van der Waals surface area contributed by atoms with Crippen LogP contribution < -0.4 is 4.74 Å². The maximum absolute atomic E-state index is 13.3. The Hall–Kier alpha value is -2.32. The Morgan fingerprint density at radius 1 is 1.03 bits per heavy atom. The summed E-state index contributed by atoms with van der Waals surface area (Å²) in [7, 11) is 2.07. The lowest BCUT2D eigenvalue weighted by molar-refractivity contribution is -0.143. The molecule has 0 bridgehead atoms. The highest BCUT2D eigenvalue weighted by Gasteiger charge is 2.41. The van der Waals surface area contributed by atoms with Crippen molar-refractivity contribution in [2.24, 2.45) is 5.41 Å². The van der Waals surface area contributed by atoms with Gasteiger partial charge in [-0.05, 0) is 44.5 Å². The van der Waals surface area contributed by atoms with E-state index < -0.39 is 5.41 Å². The third-order valence-electron chi connectivity index (χ3n) is 7.50. The molecule has 35 heavy (non-hydrogen) atoms. The molecule has 0 aliphatic carbocycles. The number of amides is 3. The van der Waals surface area contributed by atoms with Crippen LogP contribution in [0.25, 0.3) is 0 Å². The summed E-state index contributed by atoms with van der Waals surface area (Å²) in [6, 6.07) is 7.28. The van der Waals surface area contributed by atoms with Gasteiger partial charge >= 0.3 is 0 Å². The van der Waals surface area contributed by atoms with Crippen LogP contribution in [0.4, 0.5) is 0 Å². The van der Waals surface area contributed by atoms with Crippen molar-refractivity contribution in [3.05, 3.63) is 29.3 Å². The van der Waals surface area contributed by atoms with E-state index in [4.69, 9.17) is 16.3 Å². The van der Waals surface area contributed by atoms with Gasteiger partial charge in [0.2, 0.25) is 17.7 Å². The first-order valence-electron chi connectivity index (χ1n) is 12.7. The summed E-state index contributed by atoms with van der Waals surface area (Å²) in [4.78, 5) is 46.2. The Bertz CT molecular complexity index is 920. The number of rotatable bonds is 8. The highest BCUT2D eigenvalue weighted by atomic mass is 35.5. The van der Waals surface area contributed by atoms with Gasteiger partial charge in [0.15, 0.2) is 0 Å². The van der Waals surface area contributed by atoms with E-state index in [1.165, 1.54) is 0 Å².